The molecule has 0 spiro atoms. The van der Waals surface area contributed by atoms with Crippen LogP contribution in [0.4, 0.5) is 5.82 Å². The molecular formula is C22H27N5OS. The standard InChI is InChI=1S/C22H27N5OS/c1-16-12-21(27(25-16)13-18-6-4-3-5-7-18)24-22(28)19-8-10-26(11-9-19)14-20-15-29-17(2)23-20/h3-7,12,15,19H,8-11,13-14H2,1-2H3,(H,24,28). The van der Waals surface area contributed by atoms with Crippen molar-refractivity contribution in [1.82, 2.24) is 19.7 Å². The number of thiazole rings is 1. The molecule has 1 saturated heterocycles. The van der Waals surface area contributed by atoms with E-state index < -0.39 is 0 Å². The third-order valence-corrected chi connectivity index (χ3v) is 6.16. The highest BCUT2D eigenvalue weighted by molar-refractivity contribution is 7.09. The van der Waals surface area contributed by atoms with Crippen molar-refractivity contribution in [2.75, 3.05) is 18.4 Å². The quantitative estimate of drug-likeness (QED) is 0.672. The molecule has 1 aromatic carbocycles. The molecule has 7 heteroatoms. The van der Waals surface area contributed by atoms with Crippen LogP contribution in [0.3, 0.4) is 0 Å². The van der Waals surface area contributed by atoms with Gasteiger partial charge in [0.05, 0.1) is 22.9 Å². The minimum atomic E-state index is 0.0452. The second-order valence-corrected chi connectivity index (χ2v) is 8.77. The Kier molecular flexibility index (Phi) is 6.06. The molecule has 3 aromatic rings. The Balaban J connectivity index is 1.33. The summed E-state index contributed by atoms with van der Waals surface area (Å²) in [6.45, 7) is 7.37. The first-order valence-electron chi connectivity index (χ1n) is 10.1. The molecule has 152 valence electrons. The predicted molar refractivity (Wildman–Crippen MR) is 116 cm³/mol. The summed E-state index contributed by atoms with van der Waals surface area (Å²) in [6, 6.07) is 12.1. The van der Waals surface area contributed by atoms with Gasteiger partial charge in [0.15, 0.2) is 0 Å². The van der Waals surface area contributed by atoms with Gasteiger partial charge in [-0.3, -0.25) is 9.69 Å². The second kappa shape index (κ2) is 8.88. The van der Waals surface area contributed by atoms with Crippen LogP contribution >= 0.6 is 11.3 Å². The normalized spacial score (nSPS) is 15.5. The first-order valence-corrected chi connectivity index (χ1v) is 11.0. The molecule has 1 fully saturated rings. The maximum atomic E-state index is 12.9. The number of nitrogens with zero attached hydrogens (tertiary/aromatic N) is 4. The summed E-state index contributed by atoms with van der Waals surface area (Å²) in [5.41, 5.74) is 3.21. The SMILES string of the molecule is Cc1cc(NC(=O)C2CCN(Cc3csc(C)n3)CC2)n(Cc2ccccc2)n1. The van der Waals surface area contributed by atoms with E-state index in [1.165, 1.54) is 0 Å². The third-order valence-electron chi connectivity index (χ3n) is 5.34. The van der Waals surface area contributed by atoms with Crippen LogP contribution in [0, 0.1) is 19.8 Å². The molecule has 1 aliphatic heterocycles. The van der Waals surface area contributed by atoms with E-state index in [-0.39, 0.29) is 11.8 Å². The first kappa shape index (κ1) is 19.8. The highest BCUT2D eigenvalue weighted by Crippen LogP contribution is 2.22. The Morgan fingerprint density at radius 3 is 2.62 bits per heavy atom. The Hall–Kier alpha value is -2.51. The van der Waals surface area contributed by atoms with E-state index in [1.807, 2.05) is 42.8 Å². The zero-order valence-corrected chi connectivity index (χ0v) is 17.8. The van der Waals surface area contributed by atoms with E-state index in [4.69, 9.17) is 0 Å². The van der Waals surface area contributed by atoms with Crippen molar-refractivity contribution in [3.8, 4) is 0 Å². The van der Waals surface area contributed by atoms with Gasteiger partial charge < -0.3 is 5.32 Å². The minimum Gasteiger partial charge on any atom is -0.311 e. The largest absolute Gasteiger partial charge is 0.311 e. The summed E-state index contributed by atoms with van der Waals surface area (Å²) in [4.78, 5) is 19.8. The number of carbonyl (C=O) groups excluding carboxylic acids is 1. The van der Waals surface area contributed by atoms with Gasteiger partial charge in [-0.1, -0.05) is 30.3 Å². The van der Waals surface area contributed by atoms with Crippen molar-refractivity contribution in [1.29, 1.82) is 0 Å². The highest BCUT2D eigenvalue weighted by atomic mass is 32.1. The number of piperidine rings is 1. The highest BCUT2D eigenvalue weighted by Gasteiger charge is 2.26. The predicted octanol–water partition coefficient (Wildman–Crippen LogP) is 3.86. The number of hydrogen-bond acceptors (Lipinski definition) is 5. The van der Waals surface area contributed by atoms with Crippen molar-refractivity contribution in [3.63, 3.8) is 0 Å². The number of aryl methyl sites for hydroxylation is 2. The lowest BCUT2D eigenvalue weighted by molar-refractivity contribution is -0.121. The number of rotatable bonds is 6. The maximum absolute atomic E-state index is 12.9. The summed E-state index contributed by atoms with van der Waals surface area (Å²) >= 11 is 1.69. The lowest BCUT2D eigenvalue weighted by Crippen LogP contribution is -2.38. The Morgan fingerprint density at radius 2 is 1.93 bits per heavy atom. The molecule has 0 saturated carbocycles. The van der Waals surface area contributed by atoms with Crippen molar-refractivity contribution in [2.24, 2.45) is 5.92 Å². The van der Waals surface area contributed by atoms with Crippen LogP contribution in [-0.2, 0) is 17.9 Å². The lowest BCUT2D eigenvalue weighted by Gasteiger charge is -2.30. The smallest absolute Gasteiger partial charge is 0.228 e. The van der Waals surface area contributed by atoms with Crippen molar-refractivity contribution >= 4 is 23.1 Å². The summed E-state index contributed by atoms with van der Waals surface area (Å²) in [5, 5.41) is 10.9. The van der Waals surface area contributed by atoms with Gasteiger partial charge in [0, 0.05) is 23.9 Å². The molecule has 0 unspecified atom stereocenters. The van der Waals surface area contributed by atoms with Crippen LogP contribution in [0.25, 0.3) is 0 Å². The number of hydrogen-bond donors (Lipinski definition) is 1. The van der Waals surface area contributed by atoms with E-state index in [0.717, 1.165) is 60.3 Å². The van der Waals surface area contributed by atoms with Crippen LogP contribution < -0.4 is 5.32 Å². The molecule has 1 N–H and O–H groups in total. The van der Waals surface area contributed by atoms with Gasteiger partial charge in [0.25, 0.3) is 0 Å². The van der Waals surface area contributed by atoms with Gasteiger partial charge in [0.2, 0.25) is 5.91 Å². The van der Waals surface area contributed by atoms with E-state index in [1.54, 1.807) is 11.3 Å². The molecule has 1 aliphatic rings. The Labute approximate surface area is 175 Å². The van der Waals surface area contributed by atoms with Crippen molar-refractivity contribution < 1.29 is 4.79 Å². The zero-order valence-electron chi connectivity index (χ0n) is 17.0. The zero-order chi connectivity index (χ0) is 20.2. The van der Waals surface area contributed by atoms with Crippen molar-refractivity contribution in [3.05, 3.63) is 63.7 Å². The topological polar surface area (TPSA) is 63.1 Å². The molecule has 29 heavy (non-hydrogen) atoms. The number of aromatic nitrogens is 3. The van der Waals surface area contributed by atoms with Crippen LogP contribution in [0.1, 0.15) is 34.8 Å². The van der Waals surface area contributed by atoms with Gasteiger partial charge in [0.1, 0.15) is 5.82 Å². The molecule has 1 amide bonds. The fraction of sp³-hybridized carbons (Fsp3) is 0.409. The number of amides is 1. The van der Waals surface area contributed by atoms with Crippen LogP contribution in [0.2, 0.25) is 0 Å². The first-order chi connectivity index (χ1) is 14.1. The number of carbonyl (C=O) groups is 1. The van der Waals surface area contributed by atoms with Gasteiger partial charge in [-0.25, -0.2) is 9.67 Å². The fourth-order valence-electron chi connectivity index (χ4n) is 3.81. The molecule has 0 radical (unpaired) electrons. The third kappa shape index (κ3) is 5.10. The summed E-state index contributed by atoms with van der Waals surface area (Å²) in [5.74, 6) is 0.920. The Morgan fingerprint density at radius 1 is 1.17 bits per heavy atom. The summed E-state index contributed by atoms with van der Waals surface area (Å²) in [7, 11) is 0. The van der Waals surface area contributed by atoms with E-state index in [2.05, 4.69) is 37.8 Å². The van der Waals surface area contributed by atoms with Crippen LogP contribution in [0.15, 0.2) is 41.8 Å². The number of benzene rings is 1. The Bertz CT molecular complexity index is 957. The second-order valence-electron chi connectivity index (χ2n) is 7.71. The van der Waals surface area contributed by atoms with Gasteiger partial charge in [-0.05, 0) is 45.3 Å². The van der Waals surface area contributed by atoms with Gasteiger partial charge >= 0.3 is 0 Å². The van der Waals surface area contributed by atoms with E-state index in [0.29, 0.717) is 6.54 Å². The molecule has 0 aliphatic carbocycles. The molecule has 0 bridgehead atoms. The molecule has 0 atom stereocenters. The summed E-state index contributed by atoms with van der Waals surface area (Å²) < 4.78 is 1.88. The average Bonchev–Trinajstić information content (AvgIpc) is 3.28. The fourth-order valence-corrected chi connectivity index (χ4v) is 4.42. The molecule has 4 rings (SSSR count). The van der Waals surface area contributed by atoms with Crippen LogP contribution in [-0.4, -0.2) is 38.7 Å². The molecule has 6 nitrogen and oxygen atoms in total. The monoisotopic (exact) mass is 409 g/mol. The number of anilines is 1. The van der Waals surface area contributed by atoms with Gasteiger partial charge in [-0.15, -0.1) is 11.3 Å². The summed E-state index contributed by atoms with van der Waals surface area (Å²) in [6.07, 6.45) is 1.75. The average molecular weight is 410 g/mol. The van der Waals surface area contributed by atoms with E-state index >= 15 is 0 Å². The molecule has 3 heterocycles. The van der Waals surface area contributed by atoms with E-state index in [9.17, 15) is 4.79 Å². The molecule has 2 aromatic heterocycles. The maximum Gasteiger partial charge on any atom is 0.228 e. The number of nitrogens with one attached hydrogen (secondary N) is 1. The minimum absolute atomic E-state index is 0.0452. The lowest BCUT2D eigenvalue weighted by atomic mass is 9.96. The van der Waals surface area contributed by atoms with Crippen LogP contribution in [0.5, 0.6) is 0 Å². The van der Waals surface area contributed by atoms with Gasteiger partial charge in [-0.2, -0.15) is 5.10 Å². The molecular weight excluding hydrogens is 382 g/mol. The number of likely N-dealkylation sites (tertiary alicyclic amines) is 1. The van der Waals surface area contributed by atoms with Crippen molar-refractivity contribution in [2.45, 2.75) is 39.8 Å².